The van der Waals surface area contributed by atoms with Gasteiger partial charge in [0.05, 0.1) is 17.1 Å². The van der Waals surface area contributed by atoms with E-state index in [-0.39, 0.29) is 5.75 Å². The number of aryl methyl sites for hydroxylation is 1. The third-order valence-electron chi connectivity index (χ3n) is 3.51. The van der Waals surface area contributed by atoms with Gasteiger partial charge >= 0.3 is 0 Å². The molecular formula is C13H16N4O. The zero-order chi connectivity index (χ0) is 12.5. The molecule has 0 amide bonds. The van der Waals surface area contributed by atoms with E-state index in [2.05, 4.69) is 10.3 Å². The van der Waals surface area contributed by atoms with Crippen molar-refractivity contribution in [2.24, 2.45) is 5.73 Å². The summed E-state index contributed by atoms with van der Waals surface area (Å²) in [6.45, 7) is 0.623. The first-order valence-electron chi connectivity index (χ1n) is 6.23. The highest BCUT2D eigenvalue weighted by molar-refractivity contribution is 5.39. The Bertz CT molecular complexity index is 547. The summed E-state index contributed by atoms with van der Waals surface area (Å²) in [5.41, 5.74) is 8.95. The molecule has 1 aliphatic carbocycles. The van der Waals surface area contributed by atoms with Gasteiger partial charge in [0.25, 0.3) is 0 Å². The summed E-state index contributed by atoms with van der Waals surface area (Å²) in [5, 5.41) is 17.8. The summed E-state index contributed by atoms with van der Waals surface area (Å²) in [6, 6.07) is 6.99. The molecule has 3 rings (SSSR count). The lowest BCUT2D eigenvalue weighted by molar-refractivity contribution is 0.475. The number of benzene rings is 1. The van der Waals surface area contributed by atoms with Gasteiger partial charge in [-0.2, -0.15) is 0 Å². The van der Waals surface area contributed by atoms with Crippen LogP contribution in [0.25, 0.3) is 5.69 Å². The normalized spacial score (nSPS) is 18.6. The second-order valence-electron chi connectivity index (χ2n) is 4.67. The van der Waals surface area contributed by atoms with Crippen LogP contribution >= 0.6 is 0 Å². The van der Waals surface area contributed by atoms with Crippen molar-refractivity contribution in [2.75, 3.05) is 6.54 Å². The van der Waals surface area contributed by atoms with E-state index in [0.29, 0.717) is 12.5 Å². The lowest BCUT2D eigenvalue weighted by Gasteiger charge is -2.21. The smallest absolute Gasteiger partial charge is 0.115 e. The van der Waals surface area contributed by atoms with E-state index in [1.54, 1.807) is 12.1 Å². The Morgan fingerprint density at radius 1 is 1.33 bits per heavy atom. The molecule has 0 saturated heterocycles. The molecule has 0 fully saturated rings. The number of fused-ring (bicyclic) bond motifs is 1. The van der Waals surface area contributed by atoms with Crippen molar-refractivity contribution in [3.05, 3.63) is 35.7 Å². The molecule has 1 heterocycles. The number of rotatable bonds is 2. The number of aromatic hydroxyl groups is 1. The quantitative estimate of drug-likeness (QED) is 0.836. The van der Waals surface area contributed by atoms with Gasteiger partial charge in [0, 0.05) is 12.5 Å². The number of phenols is 1. The van der Waals surface area contributed by atoms with Crippen LogP contribution in [-0.4, -0.2) is 26.6 Å². The molecule has 1 atom stereocenters. The minimum absolute atomic E-state index is 0.253. The lowest BCUT2D eigenvalue weighted by atomic mass is 9.89. The van der Waals surface area contributed by atoms with Crippen LogP contribution in [0.4, 0.5) is 0 Å². The molecule has 0 saturated carbocycles. The highest BCUT2D eigenvalue weighted by Crippen LogP contribution is 2.31. The van der Waals surface area contributed by atoms with Crippen LogP contribution in [0.2, 0.25) is 0 Å². The third kappa shape index (κ3) is 1.76. The Hall–Kier alpha value is -1.88. The Morgan fingerprint density at radius 3 is 2.83 bits per heavy atom. The first kappa shape index (κ1) is 11.2. The van der Waals surface area contributed by atoms with E-state index in [1.807, 2.05) is 16.8 Å². The van der Waals surface area contributed by atoms with Crippen LogP contribution in [0.1, 0.15) is 30.1 Å². The zero-order valence-corrected chi connectivity index (χ0v) is 10.1. The minimum atomic E-state index is 0.253. The maximum Gasteiger partial charge on any atom is 0.115 e. The predicted octanol–water partition coefficient (Wildman–Crippen LogP) is 1.35. The van der Waals surface area contributed by atoms with Gasteiger partial charge in [0.1, 0.15) is 5.75 Å². The maximum absolute atomic E-state index is 9.33. The summed E-state index contributed by atoms with van der Waals surface area (Å²) in [5.74, 6) is 0.584. The summed E-state index contributed by atoms with van der Waals surface area (Å²) >= 11 is 0. The maximum atomic E-state index is 9.33. The van der Waals surface area contributed by atoms with E-state index < -0.39 is 0 Å². The van der Waals surface area contributed by atoms with E-state index >= 15 is 0 Å². The molecule has 0 spiro atoms. The number of hydrogen-bond acceptors (Lipinski definition) is 4. The van der Waals surface area contributed by atoms with Gasteiger partial charge in [-0.1, -0.05) is 5.21 Å². The van der Waals surface area contributed by atoms with Gasteiger partial charge in [-0.15, -0.1) is 5.10 Å². The molecule has 0 bridgehead atoms. The number of phenolic OH excluding ortho intramolecular Hbond substituents is 1. The second-order valence-corrected chi connectivity index (χ2v) is 4.67. The van der Waals surface area contributed by atoms with Gasteiger partial charge in [0.2, 0.25) is 0 Å². The fourth-order valence-electron chi connectivity index (χ4n) is 2.57. The lowest BCUT2D eigenvalue weighted by Crippen LogP contribution is -2.21. The number of nitrogens with zero attached hydrogens (tertiary/aromatic N) is 3. The third-order valence-corrected chi connectivity index (χ3v) is 3.51. The SMILES string of the molecule is NCC1CCCc2nnn(-c3ccc(O)cc3)c21. The van der Waals surface area contributed by atoms with Gasteiger partial charge in [-0.25, -0.2) is 4.68 Å². The molecule has 1 aromatic heterocycles. The standard InChI is InChI=1S/C13H16N4O/c14-8-9-2-1-3-12-13(9)17(16-15-12)10-4-6-11(18)7-5-10/h4-7,9,18H,1-3,8,14H2. The van der Waals surface area contributed by atoms with Gasteiger partial charge in [-0.3, -0.25) is 0 Å². The summed E-state index contributed by atoms with van der Waals surface area (Å²) < 4.78 is 1.85. The molecule has 94 valence electrons. The van der Waals surface area contributed by atoms with E-state index in [4.69, 9.17) is 5.73 Å². The van der Waals surface area contributed by atoms with Crippen molar-refractivity contribution in [1.29, 1.82) is 0 Å². The first-order chi connectivity index (χ1) is 8.79. The second kappa shape index (κ2) is 4.42. The van der Waals surface area contributed by atoms with Crippen molar-refractivity contribution in [2.45, 2.75) is 25.2 Å². The average Bonchev–Trinajstić information content (AvgIpc) is 2.83. The van der Waals surface area contributed by atoms with E-state index in [0.717, 1.165) is 36.3 Å². The molecule has 2 aromatic rings. The molecule has 5 heteroatoms. The molecule has 18 heavy (non-hydrogen) atoms. The number of aromatic nitrogens is 3. The Balaban J connectivity index is 2.08. The Kier molecular flexibility index (Phi) is 2.76. The topological polar surface area (TPSA) is 77.0 Å². The average molecular weight is 244 g/mol. The van der Waals surface area contributed by atoms with Crippen LogP contribution in [0.3, 0.4) is 0 Å². The van der Waals surface area contributed by atoms with Crippen LogP contribution in [0.5, 0.6) is 5.75 Å². The largest absolute Gasteiger partial charge is 0.508 e. The molecule has 1 unspecified atom stereocenters. The van der Waals surface area contributed by atoms with Crippen LogP contribution in [0.15, 0.2) is 24.3 Å². The van der Waals surface area contributed by atoms with Crippen LogP contribution in [-0.2, 0) is 6.42 Å². The molecule has 5 nitrogen and oxygen atoms in total. The van der Waals surface area contributed by atoms with Crippen molar-refractivity contribution < 1.29 is 5.11 Å². The van der Waals surface area contributed by atoms with Crippen LogP contribution < -0.4 is 5.73 Å². The predicted molar refractivity (Wildman–Crippen MR) is 67.8 cm³/mol. The highest BCUT2D eigenvalue weighted by atomic mass is 16.3. The molecule has 0 aliphatic heterocycles. The fraction of sp³-hybridized carbons (Fsp3) is 0.385. The molecule has 3 N–H and O–H groups in total. The van der Waals surface area contributed by atoms with E-state index in [9.17, 15) is 5.11 Å². The highest BCUT2D eigenvalue weighted by Gasteiger charge is 2.25. The van der Waals surface area contributed by atoms with Crippen LogP contribution in [0, 0.1) is 0 Å². The van der Waals surface area contributed by atoms with E-state index in [1.165, 1.54) is 0 Å². The number of hydrogen-bond donors (Lipinski definition) is 2. The number of nitrogens with two attached hydrogens (primary N) is 1. The van der Waals surface area contributed by atoms with Crippen molar-refractivity contribution in [3.63, 3.8) is 0 Å². The fourth-order valence-corrected chi connectivity index (χ4v) is 2.57. The zero-order valence-electron chi connectivity index (χ0n) is 10.1. The molecule has 1 aliphatic rings. The molecule has 0 radical (unpaired) electrons. The van der Waals surface area contributed by atoms with Gasteiger partial charge in [-0.05, 0) is 43.5 Å². The van der Waals surface area contributed by atoms with Crippen molar-refractivity contribution in [1.82, 2.24) is 15.0 Å². The Morgan fingerprint density at radius 2 is 2.11 bits per heavy atom. The first-order valence-corrected chi connectivity index (χ1v) is 6.23. The summed E-state index contributed by atoms with van der Waals surface area (Å²) in [6.07, 6.45) is 3.20. The summed E-state index contributed by atoms with van der Waals surface area (Å²) in [7, 11) is 0. The molecule has 1 aromatic carbocycles. The van der Waals surface area contributed by atoms with Crippen molar-refractivity contribution >= 4 is 0 Å². The minimum Gasteiger partial charge on any atom is -0.508 e. The Labute approximate surface area is 105 Å². The van der Waals surface area contributed by atoms with Crippen molar-refractivity contribution in [3.8, 4) is 11.4 Å². The van der Waals surface area contributed by atoms with Gasteiger partial charge in [0.15, 0.2) is 0 Å². The summed E-state index contributed by atoms with van der Waals surface area (Å²) in [4.78, 5) is 0. The van der Waals surface area contributed by atoms with Gasteiger partial charge < -0.3 is 10.8 Å². The molecular weight excluding hydrogens is 228 g/mol. The monoisotopic (exact) mass is 244 g/mol.